The average molecular weight is 226 g/mol. The van der Waals surface area contributed by atoms with Crippen molar-refractivity contribution in [1.29, 1.82) is 0 Å². The third-order valence-electron chi connectivity index (χ3n) is 1.00. The lowest BCUT2D eigenvalue weighted by Gasteiger charge is -1.93. The molecule has 0 atom stereocenters. The van der Waals surface area contributed by atoms with E-state index in [0.29, 0.717) is 10.3 Å². The molecular formula is C7H6Cl3NO. The SMILES string of the molecule is Cc1ccc(Cl)nc1Cl.O=CCl. The average Bonchev–Trinajstić information content (AvgIpc) is 1.99. The van der Waals surface area contributed by atoms with E-state index in [2.05, 4.69) is 16.6 Å². The molecule has 0 unspecified atom stereocenters. The lowest BCUT2D eigenvalue weighted by Crippen LogP contribution is -1.79. The van der Waals surface area contributed by atoms with Crippen molar-refractivity contribution in [2.45, 2.75) is 6.92 Å². The normalized spacial score (nSPS) is 8.33. The lowest BCUT2D eigenvalue weighted by atomic mass is 10.3. The van der Waals surface area contributed by atoms with E-state index in [4.69, 9.17) is 28.0 Å². The van der Waals surface area contributed by atoms with Crippen LogP contribution in [0.4, 0.5) is 0 Å². The van der Waals surface area contributed by atoms with Gasteiger partial charge in [0.25, 0.3) is 0 Å². The Morgan fingerprint density at radius 2 is 1.92 bits per heavy atom. The summed E-state index contributed by atoms with van der Waals surface area (Å²) < 4.78 is 0. The molecule has 0 saturated heterocycles. The molecule has 0 aliphatic carbocycles. The number of hydrogen-bond acceptors (Lipinski definition) is 2. The highest BCUT2D eigenvalue weighted by molar-refractivity contribution is 6.54. The first-order valence-corrected chi connectivity index (χ1v) is 4.13. The molecule has 12 heavy (non-hydrogen) atoms. The van der Waals surface area contributed by atoms with Gasteiger partial charge in [-0.15, -0.1) is 0 Å². The van der Waals surface area contributed by atoms with Crippen molar-refractivity contribution in [3.05, 3.63) is 28.0 Å². The summed E-state index contributed by atoms with van der Waals surface area (Å²) in [7, 11) is 0. The molecule has 1 aromatic rings. The Morgan fingerprint density at radius 1 is 1.42 bits per heavy atom. The van der Waals surface area contributed by atoms with Crippen LogP contribution >= 0.6 is 34.8 Å². The van der Waals surface area contributed by atoms with Crippen LogP contribution in [0.1, 0.15) is 5.56 Å². The van der Waals surface area contributed by atoms with Gasteiger partial charge in [-0.05, 0) is 30.2 Å². The van der Waals surface area contributed by atoms with Gasteiger partial charge in [0, 0.05) is 0 Å². The van der Waals surface area contributed by atoms with Crippen molar-refractivity contribution in [2.24, 2.45) is 0 Å². The number of halogens is 3. The highest BCUT2D eigenvalue weighted by Gasteiger charge is 1.94. The standard InChI is InChI=1S/C6H5Cl2N.CHClO/c1-4-2-3-5(7)9-6(4)8;2-1-3/h2-3H,1H3;1H. The van der Waals surface area contributed by atoms with Gasteiger partial charge < -0.3 is 0 Å². The Morgan fingerprint density at radius 3 is 2.25 bits per heavy atom. The number of hydrogen-bond donors (Lipinski definition) is 0. The summed E-state index contributed by atoms with van der Waals surface area (Å²) in [5, 5.41) is 0.910. The molecule has 0 bridgehead atoms. The first-order valence-electron chi connectivity index (χ1n) is 2.94. The quantitative estimate of drug-likeness (QED) is 0.386. The van der Waals surface area contributed by atoms with Crippen LogP contribution in [0.25, 0.3) is 0 Å². The largest absolute Gasteiger partial charge is 0.285 e. The third kappa shape index (κ3) is 4.54. The summed E-state index contributed by atoms with van der Waals surface area (Å²) in [6, 6.07) is 3.54. The maximum Gasteiger partial charge on any atom is 0.208 e. The predicted octanol–water partition coefficient (Wildman–Crippen LogP) is 3.11. The minimum Gasteiger partial charge on any atom is -0.285 e. The van der Waals surface area contributed by atoms with Crippen LogP contribution in [0.15, 0.2) is 12.1 Å². The van der Waals surface area contributed by atoms with Crippen molar-refractivity contribution in [2.75, 3.05) is 0 Å². The van der Waals surface area contributed by atoms with Gasteiger partial charge in [0.1, 0.15) is 10.3 Å². The zero-order chi connectivity index (χ0) is 9.56. The van der Waals surface area contributed by atoms with E-state index in [1.165, 1.54) is 0 Å². The van der Waals surface area contributed by atoms with Gasteiger partial charge >= 0.3 is 0 Å². The second kappa shape index (κ2) is 6.23. The lowest BCUT2D eigenvalue weighted by molar-refractivity contribution is 0.569. The number of aryl methyl sites for hydroxylation is 1. The van der Waals surface area contributed by atoms with Crippen molar-refractivity contribution < 1.29 is 4.79 Å². The fraction of sp³-hybridized carbons (Fsp3) is 0.143. The fourth-order valence-corrected chi connectivity index (χ4v) is 0.827. The molecule has 0 aromatic carbocycles. The number of pyridine rings is 1. The van der Waals surface area contributed by atoms with Crippen molar-refractivity contribution in [3.63, 3.8) is 0 Å². The van der Waals surface area contributed by atoms with Crippen LogP contribution in [0.2, 0.25) is 10.3 Å². The number of nitrogens with zero attached hydrogens (tertiary/aromatic N) is 1. The molecular weight excluding hydrogens is 220 g/mol. The van der Waals surface area contributed by atoms with E-state index in [1.54, 1.807) is 6.07 Å². The number of carbonyl (C=O) groups excluding carboxylic acids is 1. The van der Waals surface area contributed by atoms with Crippen LogP contribution in [0.3, 0.4) is 0 Å². The number of rotatable bonds is 0. The first-order chi connectivity index (χ1) is 5.61. The minimum absolute atomic E-state index is 0.222. The molecule has 1 rings (SSSR count). The predicted molar refractivity (Wildman–Crippen MR) is 51.6 cm³/mol. The molecule has 2 nitrogen and oxygen atoms in total. The van der Waals surface area contributed by atoms with Crippen molar-refractivity contribution >= 4 is 40.5 Å². The molecule has 1 aromatic heterocycles. The summed E-state index contributed by atoms with van der Waals surface area (Å²) in [5.41, 5.74) is 0.945. The zero-order valence-corrected chi connectivity index (χ0v) is 8.49. The van der Waals surface area contributed by atoms with E-state index < -0.39 is 0 Å². The Kier molecular flexibility index (Phi) is 6.07. The molecule has 1 heterocycles. The number of aromatic nitrogens is 1. The molecule has 0 aliphatic rings. The molecule has 5 heteroatoms. The van der Waals surface area contributed by atoms with E-state index in [0.717, 1.165) is 5.56 Å². The second-order valence-corrected chi connectivity index (χ2v) is 2.75. The summed E-state index contributed by atoms with van der Waals surface area (Å²) in [6.45, 7) is 1.88. The molecule has 0 fully saturated rings. The van der Waals surface area contributed by atoms with Crippen molar-refractivity contribution in [1.82, 2.24) is 4.98 Å². The van der Waals surface area contributed by atoms with Crippen LogP contribution < -0.4 is 0 Å². The molecule has 0 aliphatic heterocycles. The molecule has 0 amide bonds. The van der Waals surface area contributed by atoms with E-state index >= 15 is 0 Å². The molecule has 66 valence electrons. The molecule has 0 radical (unpaired) electrons. The Labute approximate surface area is 85.5 Å². The summed E-state index contributed by atoms with van der Waals surface area (Å²) in [6.07, 6.45) is 0. The Hall–Kier alpha value is -0.310. The topological polar surface area (TPSA) is 30.0 Å². The van der Waals surface area contributed by atoms with Crippen LogP contribution in [0.5, 0.6) is 0 Å². The summed E-state index contributed by atoms with van der Waals surface area (Å²) in [5.74, 6) is 0.222. The van der Waals surface area contributed by atoms with E-state index in [-0.39, 0.29) is 5.75 Å². The smallest absolute Gasteiger partial charge is 0.208 e. The first kappa shape index (κ1) is 11.7. The fourth-order valence-electron chi connectivity index (χ4n) is 0.482. The molecule has 0 saturated carbocycles. The number of carbonyl (C=O) groups is 1. The van der Waals surface area contributed by atoms with E-state index in [9.17, 15) is 0 Å². The zero-order valence-electron chi connectivity index (χ0n) is 6.22. The van der Waals surface area contributed by atoms with Gasteiger partial charge in [-0.1, -0.05) is 29.3 Å². The monoisotopic (exact) mass is 225 g/mol. The van der Waals surface area contributed by atoms with Crippen LogP contribution in [-0.2, 0) is 4.79 Å². The van der Waals surface area contributed by atoms with Gasteiger partial charge in [-0.25, -0.2) is 4.98 Å². The highest BCUT2D eigenvalue weighted by atomic mass is 35.5. The van der Waals surface area contributed by atoms with Gasteiger partial charge in [0.05, 0.1) is 0 Å². The maximum absolute atomic E-state index is 8.57. The van der Waals surface area contributed by atoms with Crippen LogP contribution in [-0.4, -0.2) is 10.7 Å². The summed E-state index contributed by atoms with van der Waals surface area (Å²) >= 11 is 15.5. The molecule has 0 N–H and O–H groups in total. The highest BCUT2D eigenvalue weighted by Crippen LogP contribution is 2.14. The van der Waals surface area contributed by atoms with Gasteiger partial charge in [0.2, 0.25) is 5.75 Å². The van der Waals surface area contributed by atoms with Crippen LogP contribution in [0, 0.1) is 6.92 Å². The van der Waals surface area contributed by atoms with E-state index in [1.807, 2.05) is 13.0 Å². The molecule has 0 spiro atoms. The van der Waals surface area contributed by atoms with Gasteiger partial charge in [-0.3, -0.25) is 4.79 Å². The summed E-state index contributed by atoms with van der Waals surface area (Å²) in [4.78, 5) is 12.4. The minimum atomic E-state index is 0.222. The Balaban J connectivity index is 0.000000354. The van der Waals surface area contributed by atoms with Gasteiger partial charge in [0.15, 0.2) is 0 Å². The second-order valence-electron chi connectivity index (χ2n) is 1.83. The third-order valence-corrected chi connectivity index (χ3v) is 1.59. The maximum atomic E-state index is 8.57. The Bertz CT molecular complexity index is 265. The van der Waals surface area contributed by atoms with Gasteiger partial charge in [-0.2, -0.15) is 0 Å². The van der Waals surface area contributed by atoms with Crippen molar-refractivity contribution in [3.8, 4) is 0 Å².